The SMILES string of the molecule is NC(=O)C1(C(N)=O)C(Oc2ccc3ccccc3n2)C1(c1ccccc1)c1ccccc1. The lowest BCUT2D eigenvalue weighted by molar-refractivity contribution is -0.135. The van der Waals surface area contributed by atoms with Gasteiger partial charge in [0.25, 0.3) is 0 Å². The average molecular weight is 423 g/mol. The van der Waals surface area contributed by atoms with Crippen LogP contribution < -0.4 is 16.2 Å². The molecule has 1 aromatic heterocycles. The number of hydrogen-bond donors (Lipinski definition) is 2. The Morgan fingerprint density at radius 2 is 1.25 bits per heavy atom. The molecule has 4 aromatic rings. The van der Waals surface area contributed by atoms with Crippen molar-refractivity contribution in [2.45, 2.75) is 11.5 Å². The van der Waals surface area contributed by atoms with Crippen molar-refractivity contribution >= 4 is 22.7 Å². The molecule has 1 saturated carbocycles. The number of para-hydroxylation sites is 1. The fraction of sp³-hybridized carbons (Fsp3) is 0.115. The number of rotatable bonds is 6. The monoisotopic (exact) mass is 423 g/mol. The van der Waals surface area contributed by atoms with E-state index in [2.05, 4.69) is 4.98 Å². The number of hydrogen-bond acceptors (Lipinski definition) is 4. The van der Waals surface area contributed by atoms with Crippen molar-refractivity contribution in [3.63, 3.8) is 0 Å². The number of benzene rings is 3. The van der Waals surface area contributed by atoms with Crippen LogP contribution in [-0.4, -0.2) is 22.9 Å². The number of nitrogens with two attached hydrogens (primary N) is 2. The van der Waals surface area contributed by atoms with Gasteiger partial charge in [0.2, 0.25) is 17.7 Å². The molecule has 2 amide bonds. The van der Waals surface area contributed by atoms with Gasteiger partial charge in [0, 0.05) is 11.5 Å². The molecular formula is C26H21N3O3. The summed E-state index contributed by atoms with van der Waals surface area (Å²) < 4.78 is 6.28. The standard InChI is InChI=1S/C26H21N3O3/c27-23(30)26(24(28)31)22(32-21-16-15-17-9-7-8-14-20(17)29-21)25(26,18-10-3-1-4-11-18)19-12-5-2-6-13-19/h1-16,22H,(H2,27,30)(H2,28,31). The van der Waals surface area contributed by atoms with Crippen molar-refractivity contribution in [1.29, 1.82) is 0 Å². The predicted molar refractivity (Wildman–Crippen MR) is 121 cm³/mol. The summed E-state index contributed by atoms with van der Waals surface area (Å²) in [6, 6.07) is 29.7. The predicted octanol–water partition coefficient (Wildman–Crippen LogP) is 2.94. The Balaban J connectivity index is 1.72. The maximum absolute atomic E-state index is 12.9. The van der Waals surface area contributed by atoms with E-state index in [4.69, 9.17) is 16.2 Å². The highest BCUT2D eigenvalue weighted by molar-refractivity contribution is 6.12. The number of primary amides is 2. The molecule has 5 rings (SSSR count). The van der Waals surface area contributed by atoms with Crippen LogP contribution in [0.15, 0.2) is 97.1 Å². The molecule has 1 unspecified atom stereocenters. The van der Waals surface area contributed by atoms with Gasteiger partial charge in [-0.15, -0.1) is 0 Å². The molecule has 1 aliphatic rings. The molecule has 1 fully saturated rings. The van der Waals surface area contributed by atoms with Crippen LogP contribution in [0, 0.1) is 5.41 Å². The first-order valence-corrected chi connectivity index (χ1v) is 10.3. The number of aromatic nitrogens is 1. The van der Waals surface area contributed by atoms with Crippen LogP contribution in [0.5, 0.6) is 5.88 Å². The van der Waals surface area contributed by atoms with Gasteiger partial charge in [-0.1, -0.05) is 78.9 Å². The molecule has 1 aliphatic carbocycles. The zero-order chi connectivity index (χ0) is 22.3. The summed E-state index contributed by atoms with van der Waals surface area (Å²) in [6.45, 7) is 0. The zero-order valence-corrected chi connectivity index (χ0v) is 17.1. The van der Waals surface area contributed by atoms with E-state index >= 15 is 0 Å². The number of carbonyl (C=O) groups is 2. The molecular weight excluding hydrogens is 402 g/mol. The highest BCUT2D eigenvalue weighted by Crippen LogP contribution is 2.69. The van der Waals surface area contributed by atoms with Crippen molar-refractivity contribution in [2.75, 3.05) is 0 Å². The number of ether oxygens (including phenoxy) is 1. The van der Waals surface area contributed by atoms with Crippen molar-refractivity contribution in [3.8, 4) is 5.88 Å². The fourth-order valence-corrected chi connectivity index (χ4v) is 4.95. The number of carbonyl (C=O) groups excluding carboxylic acids is 2. The van der Waals surface area contributed by atoms with Crippen molar-refractivity contribution in [3.05, 3.63) is 108 Å². The Labute approximate surface area is 184 Å². The molecule has 0 bridgehead atoms. The summed E-state index contributed by atoms with van der Waals surface area (Å²) >= 11 is 0. The molecule has 32 heavy (non-hydrogen) atoms. The molecule has 1 heterocycles. The van der Waals surface area contributed by atoms with E-state index in [9.17, 15) is 9.59 Å². The highest BCUT2D eigenvalue weighted by atomic mass is 16.5. The Hall–Kier alpha value is -4.19. The molecule has 158 valence electrons. The van der Waals surface area contributed by atoms with Gasteiger partial charge >= 0.3 is 0 Å². The largest absolute Gasteiger partial charge is 0.471 e. The molecule has 0 spiro atoms. The summed E-state index contributed by atoms with van der Waals surface area (Å²) in [5, 5.41) is 0.948. The molecule has 0 radical (unpaired) electrons. The van der Waals surface area contributed by atoms with E-state index in [1.807, 2.05) is 91.0 Å². The van der Waals surface area contributed by atoms with Crippen molar-refractivity contribution in [1.82, 2.24) is 4.98 Å². The maximum Gasteiger partial charge on any atom is 0.238 e. The van der Waals surface area contributed by atoms with Gasteiger partial charge in [0.1, 0.15) is 6.10 Å². The van der Waals surface area contributed by atoms with Gasteiger partial charge < -0.3 is 16.2 Å². The second-order valence-corrected chi connectivity index (χ2v) is 7.92. The summed E-state index contributed by atoms with van der Waals surface area (Å²) in [6.07, 6.45) is -0.955. The van der Waals surface area contributed by atoms with Crippen LogP contribution >= 0.6 is 0 Å². The summed E-state index contributed by atoms with van der Waals surface area (Å²) in [7, 11) is 0. The van der Waals surface area contributed by atoms with Gasteiger partial charge in [-0.25, -0.2) is 4.98 Å². The molecule has 1 atom stereocenters. The fourth-order valence-electron chi connectivity index (χ4n) is 4.95. The molecule has 6 heteroatoms. The van der Waals surface area contributed by atoms with Crippen molar-refractivity contribution < 1.29 is 14.3 Å². The lowest BCUT2D eigenvalue weighted by Crippen LogP contribution is -2.44. The van der Waals surface area contributed by atoms with E-state index in [1.54, 1.807) is 6.07 Å². The van der Waals surface area contributed by atoms with E-state index in [-0.39, 0.29) is 5.88 Å². The Kier molecular flexibility index (Phi) is 4.44. The van der Waals surface area contributed by atoms with E-state index < -0.39 is 28.7 Å². The second-order valence-electron chi connectivity index (χ2n) is 7.92. The van der Waals surface area contributed by atoms with E-state index in [0.29, 0.717) is 0 Å². The number of amides is 2. The second kappa shape index (κ2) is 7.20. The maximum atomic E-state index is 12.9. The Morgan fingerprint density at radius 3 is 1.81 bits per heavy atom. The lowest BCUT2D eigenvalue weighted by Gasteiger charge is -2.21. The van der Waals surface area contributed by atoms with Crippen LogP contribution in [-0.2, 0) is 15.0 Å². The normalized spacial score (nSPS) is 18.1. The van der Waals surface area contributed by atoms with Gasteiger partial charge in [0.05, 0.1) is 10.9 Å². The molecule has 0 saturated heterocycles. The lowest BCUT2D eigenvalue weighted by atomic mass is 9.79. The third-order valence-electron chi connectivity index (χ3n) is 6.37. The van der Waals surface area contributed by atoms with E-state index in [1.165, 1.54) is 0 Å². The summed E-state index contributed by atoms with van der Waals surface area (Å²) in [5.41, 5.74) is 11.0. The van der Waals surface area contributed by atoms with Gasteiger partial charge in [-0.3, -0.25) is 9.59 Å². The van der Waals surface area contributed by atoms with Crippen molar-refractivity contribution in [2.24, 2.45) is 16.9 Å². The number of pyridine rings is 1. The van der Waals surface area contributed by atoms with Crippen LogP contribution in [0.3, 0.4) is 0 Å². The van der Waals surface area contributed by atoms with Gasteiger partial charge in [-0.2, -0.15) is 0 Å². The first-order valence-electron chi connectivity index (χ1n) is 10.3. The van der Waals surface area contributed by atoms with E-state index in [0.717, 1.165) is 22.0 Å². The minimum atomic E-state index is -1.77. The molecule has 3 aromatic carbocycles. The average Bonchev–Trinajstić information content (AvgIpc) is 3.45. The summed E-state index contributed by atoms with van der Waals surface area (Å²) in [4.78, 5) is 30.4. The van der Waals surface area contributed by atoms with Crippen LogP contribution in [0.25, 0.3) is 10.9 Å². The third-order valence-corrected chi connectivity index (χ3v) is 6.37. The summed E-state index contributed by atoms with van der Waals surface area (Å²) in [5.74, 6) is -1.37. The topological polar surface area (TPSA) is 108 Å². The highest BCUT2D eigenvalue weighted by Gasteiger charge is 2.87. The number of fused-ring (bicyclic) bond motifs is 1. The minimum Gasteiger partial charge on any atom is -0.471 e. The minimum absolute atomic E-state index is 0.286. The van der Waals surface area contributed by atoms with Crippen LogP contribution in [0.1, 0.15) is 11.1 Å². The zero-order valence-electron chi connectivity index (χ0n) is 17.1. The first kappa shape index (κ1) is 19.8. The van der Waals surface area contributed by atoms with Gasteiger partial charge in [0.15, 0.2) is 5.41 Å². The Morgan fingerprint density at radius 1 is 0.719 bits per heavy atom. The first-order chi connectivity index (χ1) is 15.5. The smallest absolute Gasteiger partial charge is 0.238 e. The molecule has 0 aliphatic heterocycles. The van der Waals surface area contributed by atoms with Crippen LogP contribution in [0.4, 0.5) is 0 Å². The molecule has 6 nitrogen and oxygen atoms in total. The van der Waals surface area contributed by atoms with Gasteiger partial charge in [-0.05, 0) is 23.3 Å². The Bertz CT molecular complexity index is 1270. The molecule has 4 N–H and O–H groups in total. The third kappa shape index (κ3) is 2.56. The quantitative estimate of drug-likeness (QED) is 0.465. The number of nitrogens with zero attached hydrogens (tertiary/aromatic N) is 1. The van der Waals surface area contributed by atoms with Crippen LogP contribution in [0.2, 0.25) is 0 Å².